The maximum atomic E-state index is 14.8. The molecule has 0 bridgehead atoms. The van der Waals surface area contributed by atoms with Crippen LogP contribution in [-0.4, -0.2) is 35.2 Å². The van der Waals surface area contributed by atoms with Gasteiger partial charge in [0.2, 0.25) is 0 Å². The number of hydrogen-bond acceptors (Lipinski definition) is 6. The lowest BCUT2D eigenvalue weighted by Crippen LogP contribution is -2.23. The normalized spacial score (nSPS) is 11.8. The number of carbonyl (C=O) groups is 2. The van der Waals surface area contributed by atoms with Crippen molar-refractivity contribution in [2.75, 3.05) is 7.11 Å². The highest BCUT2D eigenvalue weighted by atomic mass is 35.5. The van der Waals surface area contributed by atoms with Gasteiger partial charge in [-0.2, -0.15) is 4.73 Å². The van der Waals surface area contributed by atoms with Crippen molar-refractivity contribution in [1.29, 1.82) is 0 Å². The number of ether oxygens (including phenoxy) is 3. The minimum atomic E-state index is -4.95. The molecule has 0 saturated carbocycles. The molecule has 1 aromatic heterocycles. The maximum absolute atomic E-state index is 14.8. The molecule has 3 aromatic rings. The number of carbonyl (C=O) groups excluding carboxylic acids is 2. The van der Waals surface area contributed by atoms with Crippen LogP contribution in [0.25, 0.3) is 0 Å². The van der Waals surface area contributed by atoms with E-state index in [9.17, 15) is 32.4 Å². The molecule has 3 rings (SSSR count). The Morgan fingerprint density at radius 2 is 1.81 bits per heavy atom. The number of halogens is 5. The van der Waals surface area contributed by atoms with E-state index in [2.05, 4.69) is 9.73 Å². The number of hydrogen-bond donors (Lipinski definition) is 2. The highest BCUT2D eigenvalue weighted by molar-refractivity contribution is 6.31. The first-order valence-electron chi connectivity index (χ1n) is 9.71. The van der Waals surface area contributed by atoms with Crippen LogP contribution in [0.5, 0.6) is 23.0 Å². The molecule has 14 heteroatoms. The van der Waals surface area contributed by atoms with E-state index < -0.39 is 46.8 Å². The third-order valence-corrected chi connectivity index (χ3v) is 4.75. The lowest BCUT2D eigenvalue weighted by molar-refractivity contribution is -0.274. The SMILES string of the molecule is COc1cc(OC(F)(F)F)ccc1Oc1cc(Cl)cc(F)c1C(=O)N=c1cc(C(N)=O)n(O)cc1C. The first-order chi connectivity index (χ1) is 16.8. The second-order valence-electron chi connectivity index (χ2n) is 7.08. The summed E-state index contributed by atoms with van der Waals surface area (Å²) in [6.07, 6.45) is -3.89. The number of aromatic nitrogens is 1. The van der Waals surface area contributed by atoms with Crippen LogP contribution in [0.15, 0.2) is 47.6 Å². The largest absolute Gasteiger partial charge is 0.573 e. The minimum Gasteiger partial charge on any atom is -0.493 e. The Morgan fingerprint density at radius 1 is 1.11 bits per heavy atom. The molecule has 190 valence electrons. The average molecular weight is 530 g/mol. The zero-order chi connectivity index (χ0) is 26.8. The summed E-state index contributed by atoms with van der Waals surface area (Å²) in [6, 6.07) is 5.76. The fourth-order valence-electron chi connectivity index (χ4n) is 2.98. The molecule has 0 radical (unpaired) electrons. The number of benzene rings is 2. The van der Waals surface area contributed by atoms with Crippen LogP contribution < -0.4 is 25.3 Å². The van der Waals surface area contributed by atoms with Gasteiger partial charge >= 0.3 is 6.36 Å². The van der Waals surface area contributed by atoms with Gasteiger partial charge in [0, 0.05) is 23.4 Å². The van der Waals surface area contributed by atoms with Crippen LogP contribution in [0.2, 0.25) is 5.02 Å². The number of nitrogens with zero attached hydrogens (tertiary/aromatic N) is 2. The molecule has 9 nitrogen and oxygen atoms in total. The third kappa shape index (κ3) is 6.05. The second-order valence-corrected chi connectivity index (χ2v) is 7.51. The van der Waals surface area contributed by atoms with Crippen LogP contribution in [-0.2, 0) is 0 Å². The average Bonchev–Trinajstić information content (AvgIpc) is 2.74. The summed E-state index contributed by atoms with van der Waals surface area (Å²) in [6.45, 7) is 1.45. The summed E-state index contributed by atoms with van der Waals surface area (Å²) >= 11 is 5.90. The van der Waals surface area contributed by atoms with Gasteiger partial charge in [-0.3, -0.25) is 9.59 Å². The standard InChI is InChI=1S/C22H16ClF4N3O6/c1-10-9-30(33)15(20(28)31)8-14(10)29-21(32)19-13(24)5-11(23)6-18(19)35-16-4-3-12(7-17(16)34-2)36-22(25,26)27/h3-9,33H,1-2H3,(H2,28,31). The Hall–Kier alpha value is -4.26. The van der Waals surface area contributed by atoms with Crippen molar-refractivity contribution in [2.24, 2.45) is 10.7 Å². The summed E-state index contributed by atoms with van der Waals surface area (Å²) in [5.41, 5.74) is 4.33. The van der Waals surface area contributed by atoms with Crippen molar-refractivity contribution in [3.05, 3.63) is 75.6 Å². The summed E-state index contributed by atoms with van der Waals surface area (Å²) in [5, 5.41) is 9.49. The van der Waals surface area contributed by atoms with Crippen LogP contribution >= 0.6 is 11.6 Å². The quantitative estimate of drug-likeness (QED) is 0.361. The zero-order valence-corrected chi connectivity index (χ0v) is 19.1. The van der Waals surface area contributed by atoms with E-state index in [0.29, 0.717) is 4.73 Å². The maximum Gasteiger partial charge on any atom is 0.573 e. The number of primary amides is 1. The first kappa shape index (κ1) is 26.3. The van der Waals surface area contributed by atoms with Crippen molar-refractivity contribution < 1.29 is 46.6 Å². The lowest BCUT2D eigenvalue weighted by atomic mass is 10.1. The highest BCUT2D eigenvalue weighted by Gasteiger charge is 2.31. The smallest absolute Gasteiger partial charge is 0.493 e. The Bertz CT molecular complexity index is 1420. The van der Waals surface area contributed by atoms with Gasteiger partial charge in [-0.25, -0.2) is 9.38 Å². The molecule has 0 aliphatic rings. The van der Waals surface area contributed by atoms with Gasteiger partial charge in [0.15, 0.2) is 11.5 Å². The zero-order valence-electron chi connectivity index (χ0n) is 18.4. The predicted molar refractivity (Wildman–Crippen MR) is 116 cm³/mol. The summed E-state index contributed by atoms with van der Waals surface area (Å²) in [7, 11) is 1.14. The number of amides is 2. The van der Waals surface area contributed by atoms with Crippen molar-refractivity contribution in [3.63, 3.8) is 0 Å². The molecule has 0 spiro atoms. The number of rotatable bonds is 6. The van der Waals surface area contributed by atoms with Crippen LogP contribution in [0, 0.1) is 12.7 Å². The Balaban J connectivity index is 2.08. The molecule has 0 saturated heterocycles. The second kappa shape index (κ2) is 10.2. The monoisotopic (exact) mass is 529 g/mol. The van der Waals surface area contributed by atoms with Gasteiger partial charge in [-0.1, -0.05) is 11.6 Å². The Morgan fingerprint density at radius 3 is 2.42 bits per heavy atom. The van der Waals surface area contributed by atoms with E-state index in [-0.39, 0.29) is 27.4 Å². The summed E-state index contributed by atoms with van der Waals surface area (Å²) in [5.74, 6) is -4.78. The van der Waals surface area contributed by atoms with E-state index in [4.69, 9.17) is 26.8 Å². The molecule has 36 heavy (non-hydrogen) atoms. The van der Waals surface area contributed by atoms with Gasteiger partial charge in [-0.05, 0) is 36.8 Å². The summed E-state index contributed by atoms with van der Waals surface area (Å²) < 4.78 is 67.2. The number of nitrogens with two attached hydrogens (primary N) is 1. The fourth-order valence-corrected chi connectivity index (χ4v) is 3.18. The number of aryl methyl sites for hydroxylation is 1. The minimum absolute atomic E-state index is 0.106. The molecule has 0 aliphatic carbocycles. The van der Waals surface area contributed by atoms with Crippen LogP contribution in [0.3, 0.4) is 0 Å². The molecule has 0 unspecified atom stereocenters. The van der Waals surface area contributed by atoms with E-state index in [1.807, 2.05) is 0 Å². The van der Waals surface area contributed by atoms with Gasteiger partial charge < -0.3 is 25.2 Å². The first-order valence-corrected chi connectivity index (χ1v) is 10.1. The molecular weight excluding hydrogens is 514 g/mol. The Kier molecular flexibility index (Phi) is 7.43. The number of methoxy groups -OCH3 is 1. The predicted octanol–water partition coefficient (Wildman–Crippen LogP) is 4.37. The molecule has 2 aromatic carbocycles. The molecule has 1 heterocycles. The van der Waals surface area contributed by atoms with Crippen LogP contribution in [0.4, 0.5) is 17.6 Å². The van der Waals surface area contributed by atoms with Crippen LogP contribution in [0.1, 0.15) is 26.4 Å². The van der Waals surface area contributed by atoms with E-state index in [1.54, 1.807) is 0 Å². The van der Waals surface area contributed by atoms with Gasteiger partial charge in [0.25, 0.3) is 11.8 Å². The van der Waals surface area contributed by atoms with Crippen molar-refractivity contribution in [3.8, 4) is 23.0 Å². The Labute approximate surface area is 204 Å². The molecule has 3 N–H and O–H groups in total. The third-order valence-electron chi connectivity index (χ3n) is 4.54. The van der Waals surface area contributed by atoms with Crippen molar-refractivity contribution in [2.45, 2.75) is 13.3 Å². The topological polar surface area (TPSA) is 125 Å². The fraction of sp³-hybridized carbons (Fsp3) is 0.136. The summed E-state index contributed by atoms with van der Waals surface area (Å²) in [4.78, 5) is 28.2. The highest BCUT2D eigenvalue weighted by Crippen LogP contribution is 2.38. The van der Waals surface area contributed by atoms with E-state index >= 15 is 0 Å². The van der Waals surface area contributed by atoms with Crippen molar-refractivity contribution in [1.82, 2.24) is 4.73 Å². The molecule has 0 atom stereocenters. The molecule has 0 aliphatic heterocycles. The van der Waals surface area contributed by atoms with Gasteiger partial charge in [-0.15, -0.1) is 13.2 Å². The molecular formula is C22H16ClF4N3O6. The molecule has 0 fully saturated rings. The molecule has 2 amide bonds. The number of alkyl halides is 3. The van der Waals surface area contributed by atoms with E-state index in [1.165, 1.54) is 6.92 Å². The van der Waals surface area contributed by atoms with E-state index in [0.717, 1.165) is 49.7 Å². The van der Waals surface area contributed by atoms with Gasteiger partial charge in [0.05, 0.1) is 12.5 Å². The van der Waals surface area contributed by atoms with Gasteiger partial charge in [0.1, 0.15) is 28.6 Å². The van der Waals surface area contributed by atoms with Crippen molar-refractivity contribution >= 4 is 23.4 Å². The number of pyridine rings is 1. The lowest BCUT2D eigenvalue weighted by Gasteiger charge is -2.15.